The van der Waals surface area contributed by atoms with E-state index in [9.17, 15) is 13.5 Å². The predicted molar refractivity (Wildman–Crippen MR) is 69.7 cm³/mol. The second kappa shape index (κ2) is 5.44. The third-order valence-corrected chi connectivity index (χ3v) is 6.74. The quantitative estimate of drug-likeness (QED) is 0.907. The molecule has 1 aromatic heterocycles. The Morgan fingerprint density at radius 1 is 1.67 bits per heavy atom. The van der Waals surface area contributed by atoms with Crippen molar-refractivity contribution < 1.29 is 18.3 Å². The third-order valence-electron chi connectivity index (χ3n) is 2.78. The van der Waals surface area contributed by atoms with Gasteiger partial charge >= 0.3 is 0 Å². The number of morpholine rings is 1. The molecule has 18 heavy (non-hydrogen) atoms. The van der Waals surface area contributed by atoms with Crippen LogP contribution in [0.25, 0.3) is 0 Å². The normalized spacial score (nSPS) is 22.3. The summed E-state index contributed by atoms with van der Waals surface area (Å²) < 4.78 is 32.0. The standard InChI is InChI=1S/C10H14ClNO4S2/c1-7-4-9(17-10(7)11)18(14,15)12-2-3-16-6-8(12)5-13/h4,8,13H,2-3,5-6H2,1H3. The van der Waals surface area contributed by atoms with E-state index >= 15 is 0 Å². The first-order chi connectivity index (χ1) is 8.46. The third kappa shape index (κ3) is 2.56. The lowest BCUT2D eigenvalue weighted by molar-refractivity contribution is 0.0110. The van der Waals surface area contributed by atoms with E-state index < -0.39 is 16.1 Å². The zero-order valence-corrected chi connectivity index (χ0v) is 12.2. The van der Waals surface area contributed by atoms with Gasteiger partial charge in [0.2, 0.25) is 0 Å². The van der Waals surface area contributed by atoms with Gasteiger partial charge in [-0.15, -0.1) is 11.3 Å². The van der Waals surface area contributed by atoms with Gasteiger partial charge < -0.3 is 9.84 Å². The van der Waals surface area contributed by atoms with Crippen molar-refractivity contribution in [1.82, 2.24) is 4.31 Å². The highest BCUT2D eigenvalue weighted by Crippen LogP contribution is 2.33. The SMILES string of the molecule is Cc1cc(S(=O)(=O)N2CCOCC2CO)sc1Cl. The number of thiophene rings is 1. The van der Waals surface area contributed by atoms with Gasteiger partial charge in [-0.05, 0) is 18.6 Å². The van der Waals surface area contributed by atoms with Crippen LogP contribution in [-0.2, 0) is 14.8 Å². The van der Waals surface area contributed by atoms with E-state index in [2.05, 4.69) is 0 Å². The average molecular weight is 312 g/mol. The van der Waals surface area contributed by atoms with Crippen molar-refractivity contribution in [2.75, 3.05) is 26.4 Å². The monoisotopic (exact) mass is 311 g/mol. The first-order valence-corrected chi connectivity index (χ1v) is 8.06. The highest BCUT2D eigenvalue weighted by Gasteiger charge is 2.34. The zero-order valence-electron chi connectivity index (χ0n) is 9.80. The van der Waals surface area contributed by atoms with Crippen molar-refractivity contribution in [3.05, 3.63) is 16.0 Å². The van der Waals surface area contributed by atoms with Crippen LogP contribution >= 0.6 is 22.9 Å². The van der Waals surface area contributed by atoms with Crippen LogP contribution in [0.15, 0.2) is 10.3 Å². The molecule has 0 spiro atoms. The lowest BCUT2D eigenvalue weighted by Gasteiger charge is -2.32. The summed E-state index contributed by atoms with van der Waals surface area (Å²) >= 11 is 6.95. The average Bonchev–Trinajstić information content (AvgIpc) is 2.70. The molecule has 0 amide bonds. The van der Waals surface area contributed by atoms with Crippen molar-refractivity contribution in [2.45, 2.75) is 17.2 Å². The highest BCUT2D eigenvalue weighted by molar-refractivity contribution is 7.91. The molecule has 1 atom stereocenters. The van der Waals surface area contributed by atoms with Crippen LogP contribution in [0.2, 0.25) is 4.34 Å². The summed E-state index contributed by atoms with van der Waals surface area (Å²) in [5.41, 5.74) is 0.744. The molecule has 5 nitrogen and oxygen atoms in total. The number of aliphatic hydroxyl groups is 1. The number of sulfonamides is 1. The Morgan fingerprint density at radius 3 is 2.94 bits per heavy atom. The van der Waals surface area contributed by atoms with Crippen LogP contribution < -0.4 is 0 Å². The van der Waals surface area contributed by atoms with E-state index in [1.54, 1.807) is 13.0 Å². The van der Waals surface area contributed by atoms with Crippen molar-refractivity contribution in [3.8, 4) is 0 Å². The van der Waals surface area contributed by atoms with Crippen LogP contribution in [0.4, 0.5) is 0 Å². The van der Waals surface area contributed by atoms with Gasteiger partial charge in [0.1, 0.15) is 4.21 Å². The molecule has 1 aliphatic rings. The minimum Gasteiger partial charge on any atom is -0.395 e. The van der Waals surface area contributed by atoms with E-state index in [1.165, 1.54) is 4.31 Å². The Bertz CT molecular complexity index is 508. The van der Waals surface area contributed by atoms with Crippen LogP contribution in [0, 0.1) is 6.92 Å². The van der Waals surface area contributed by atoms with Crippen LogP contribution in [-0.4, -0.2) is 50.2 Å². The molecule has 0 aromatic carbocycles. The maximum Gasteiger partial charge on any atom is 0.253 e. The van der Waals surface area contributed by atoms with Crippen molar-refractivity contribution in [2.24, 2.45) is 0 Å². The largest absolute Gasteiger partial charge is 0.395 e. The number of hydrogen-bond acceptors (Lipinski definition) is 5. The minimum absolute atomic E-state index is 0.213. The summed E-state index contributed by atoms with van der Waals surface area (Å²) in [5, 5.41) is 9.22. The van der Waals surface area contributed by atoms with Crippen molar-refractivity contribution >= 4 is 33.0 Å². The number of nitrogens with zero attached hydrogens (tertiary/aromatic N) is 1. The predicted octanol–water partition coefficient (Wildman–Crippen LogP) is 1.09. The van der Waals surface area contributed by atoms with Crippen LogP contribution in [0.1, 0.15) is 5.56 Å². The van der Waals surface area contributed by atoms with E-state index in [0.29, 0.717) is 10.9 Å². The summed E-state index contributed by atoms with van der Waals surface area (Å²) in [4.78, 5) is 0. The second-order valence-corrected chi connectivity index (χ2v) is 7.82. The first-order valence-electron chi connectivity index (χ1n) is 5.43. The number of aliphatic hydroxyl groups excluding tert-OH is 1. The molecule has 0 saturated carbocycles. The topological polar surface area (TPSA) is 66.8 Å². The fourth-order valence-electron chi connectivity index (χ4n) is 1.77. The molecule has 1 aliphatic heterocycles. The summed E-state index contributed by atoms with van der Waals surface area (Å²) in [5.74, 6) is 0. The molecule has 1 fully saturated rings. The molecule has 2 heterocycles. The van der Waals surface area contributed by atoms with Crippen LogP contribution in [0.3, 0.4) is 0 Å². The Hall–Kier alpha value is -0.180. The fraction of sp³-hybridized carbons (Fsp3) is 0.600. The van der Waals surface area contributed by atoms with E-state index in [1.807, 2.05) is 0 Å². The minimum atomic E-state index is -3.60. The van der Waals surface area contributed by atoms with Gasteiger partial charge in [-0.2, -0.15) is 4.31 Å². The van der Waals surface area contributed by atoms with E-state index in [4.69, 9.17) is 16.3 Å². The van der Waals surface area contributed by atoms with Gasteiger partial charge in [-0.25, -0.2) is 8.42 Å². The number of halogens is 1. The highest BCUT2D eigenvalue weighted by atomic mass is 35.5. The first kappa shape index (κ1) is 14.2. The molecular formula is C10H14ClNO4S2. The van der Waals surface area contributed by atoms with Gasteiger partial charge in [0, 0.05) is 6.54 Å². The van der Waals surface area contributed by atoms with Crippen LogP contribution in [0.5, 0.6) is 0 Å². The lowest BCUT2D eigenvalue weighted by Crippen LogP contribution is -2.50. The summed E-state index contributed by atoms with van der Waals surface area (Å²) in [6.45, 7) is 2.32. The molecule has 0 aliphatic carbocycles. The molecule has 1 saturated heterocycles. The van der Waals surface area contributed by atoms with E-state index in [-0.39, 0.29) is 24.0 Å². The van der Waals surface area contributed by atoms with Gasteiger partial charge in [0.15, 0.2) is 0 Å². The van der Waals surface area contributed by atoms with Crippen molar-refractivity contribution in [3.63, 3.8) is 0 Å². The lowest BCUT2D eigenvalue weighted by atomic mass is 10.3. The maximum atomic E-state index is 12.4. The molecule has 0 bridgehead atoms. The van der Waals surface area contributed by atoms with Crippen molar-refractivity contribution in [1.29, 1.82) is 0 Å². The zero-order chi connectivity index (χ0) is 13.3. The number of aryl methyl sites for hydroxylation is 1. The molecule has 2 rings (SSSR count). The molecule has 1 N–H and O–H groups in total. The molecular weight excluding hydrogens is 298 g/mol. The fourth-order valence-corrected chi connectivity index (χ4v) is 5.20. The number of hydrogen-bond donors (Lipinski definition) is 1. The van der Waals surface area contributed by atoms with Gasteiger partial charge in [0.25, 0.3) is 10.0 Å². The molecule has 8 heteroatoms. The number of rotatable bonds is 3. The van der Waals surface area contributed by atoms with Gasteiger partial charge in [-0.1, -0.05) is 11.6 Å². The Balaban J connectivity index is 2.35. The van der Waals surface area contributed by atoms with Gasteiger partial charge in [0.05, 0.1) is 30.2 Å². The summed E-state index contributed by atoms with van der Waals surface area (Å²) in [7, 11) is -3.60. The second-order valence-electron chi connectivity index (χ2n) is 4.05. The Morgan fingerprint density at radius 2 is 2.39 bits per heavy atom. The van der Waals surface area contributed by atoms with E-state index in [0.717, 1.165) is 16.9 Å². The molecule has 1 aromatic rings. The smallest absolute Gasteiger partial charge is 0.253 e. The summed E-state index contributed by atoms with van der Waals surface area (Å²) in [6, 6.07) is 1.04. The molecule has 102 valence electrons. The van der Waals surface area contributed by atoms with Gasteiger partial charge in [-0.3, -0.25) is 0 Å². The maximum absolute atomic E-state index is 12.4. The Labute approximate surface area is 115 Å². The Kier molecular flexibility index (Phi) is 4.30. The summed E-state index contributed by atoms with van der Waals surface area (Å²) in [6.07, 6.45) is 0. The number of ether oxygens (including phenoxy) is 1. The molecule has 0 radical (unpaired) electrons. The molecule has 1 unspecified atom stereocenters.